The minimum absolute atomic E-state index is 0.195. The number of anilines is 1. The van der Waals surface area contributed by atoms with Crippen LogP contribution in [0.4, 0.5) is 14.9 Å². The van der Waals surface area contributed by atoms with Crippen molar-refractivity contribution in [3.8, 4) is 0 Å². The van der Waals surface area contributed by atoms with Gasteiger partial charge in [0.1, 0.15) is 5.82 Å². The second-order valence-electron chi connectivity index (χ2n) is 8.46. The Morgan fingerprint density at radius 2 is 2.00 bits per heavy atom. The Labute approximate surface area is 187 Å². The Balaban J connectivity index is 1.61. The minimum Gasteiger partial charge on any atom is -0.322 e. The van der Waals surface area contributed by atoms with Gasteiger partial charge in [0, 0.05) is 29.4 Å². The number of urea groups is 1. The summed E-state index contributed by atoms with van der Waals surface area (Å²) in [4.78, 5) is 33.0. The number of carbonyl (C=O) groups excluding carboxylic acids is 1. The number of hydrogen-bond donors (Lipinski definition) is 2. The molecular weight excluding hydrogens is 407 g/mol. The van der Waals surface area contributed by atoms with Crippen molar-refractivity contribution in [1.29, 1.82) is 0 Å². The number of aromatic nitrogens is 1. The van der Waals surface area contributed by atoms with Crippen LogP contribution in [-0.4, -0.2) is 46.5 Å². The van der Waals surface area contributed by atoms with E-state index in [9.17, 15) is 14.0 Å². The number of aryl methyl sites for hydroxylation is 1. The minimum atomic E-state index is -0.359. The molecule has 2 heterocycles. The standard InChI is InChI=1S/C25H29FN4O2/c1-3-29-12-4-5-22(29)16-30(25(32)27-21-9-7-20(26)8-10-21)15-19-14-18-13-17(2)6-11-23(18)28-24(19)31/h6-11,13-14,22H,3-5,12,15-16H2,1-2H3,(H,27,32)(H,28,31)/t22-/m0/s1. The molecule has 1 fully saturated rings. The predicted molar refractivity (Wildman–Crippen MR) is 125 cm³/mol. The molecule has 0 saturated carbocycles. The lowest BCUT2D eigenvalue weighted by atomic mass is 10.1. The van der Waals surface area contributed by atoms with Gasteiger partial charge in [0.15, 0.2) is 0 Å². The van der Waals surface area contributed by atoms with Crippen LogP contribution in [0.15, 0.2) is 53.3 Å². The largest absolute Gasteiger partial charge is 0.322 e. The normalized spacial score (nSPS) is 16.4. The molecule has 6 nitrogen and oxygen atoms in total. The van der Waals surface area contributed by atoms with E-state index in [1.807, 2.05) is 31.2 Å². The SMILES string of the molecule is CCN1CCC[C@H]1CN(Cc1cc2cc(C)ccc2[nH]c1=O)C(=O)Nc1ccc(F)cc1. The van der Waals surface area contributed by atoms with Gasteiger partial charge in [-0.15, -0.1) is 0 Å². The fraction of sp³-hybridized carbons (Fsp3) is 0.360. The van der Waals surface area contributed by atoms with Crippen LogP contribution in [0, 0.1) is 12.7 Å². The average Bonchev–Trinajstić information content (AvgIpc) is 3.22. The van der Waals surface area contributed by atoms with Crippen molar-refractivity contribution in [2.75, 3.05) is 25.0 Å². The molecule has 0 aliphatic carbocycles. The summed E-state index contributed by atoms with van der Waals surface area (Å²) in [6, 6.07) is 13.4. The highest BCUT2D eigenvalue weighted by atomic mass is 19.1. The van der Waals surface area contributed by atoms with Crippen LogP contribution in [0.1, 0.15) is 30.9 Å². The maximum absolute atomic E-state index is 13.3. The number of rotatable bonds is 6. The van der Waals surface area contributed by atoms with Crippen LogP contribution in [0.25, 0.3) is 10.9 Å². The van der Waals surface area contributed by atoms with Crippen LogP contribution in [0.5, 0.6) is 0 Å². The predicted octanol–water partition coefficient (Wildman–Crippen LogP) is 4.49. The van der Waals surface area contributed by atoms with Gasteiger partial charge in [-0.1, -0.05) is 18.6 Å². The molecule has 32 heavy (non-hydrogen) atoms. The fourth-order valence-corrected chi connectivity index (χ4v) is 4.42. The molecule has 0 radical (unpaired) electrons. The third-order valence-corrected chi connectivity index (χ3v) is 6.16. The molecule has 3 aromatic rings. The maximum Gasteiger partial charge on any atom is 0.322 e. The highest BCUT2D eigenvalue weighted by Gasteiger charge is 2.28. The second kappa shape index (κ2) is 9.53. The van der Waals surface area contributed by atoms with Gasteiger partial charge >= 0.3 is 6.03 Å². The molecule has 1 aliphatic heterocycles. The van der Waals surface area contributed by atoms with Crippen molar-refractivity contribution < 1.29 is 9.18 Å². The molecule has 0 unspecified atom stereocenters. The first-order valence-corrected chi connectivity index (χ1v) is 11.1. The van der Waals surface area contributed by atoms with E-state index >= 15 is 0 Å². The Hall–Kier alpha value is -3.19. The Morgan fingerprint density at radius 3 is 2.75 bits per heavy atom. The number of nitrogens with zero attached hydrogens (tertiary/aromatic N) is 2. The fourth-order valence-electron chi connectivity index (χ4n) is 4.42. The van der Waals surface area contributed by atoms with Crippen molar-refractivity contribution in [1.82, 2.24) is 14.8 Å². The molecular formula is C25H29FN4O2. The zero-order valence-corrected chi connectivity index (χ0v) is 18.5. The molecule has 2 aromatic carbocycles. The van der Waals surface area contributed by atoms with Crippen molar-refractivity contribution in [3.05, 3.63) is 75.8 Å². The van der Waals surface area contributed by atoms with Crippen molar-refractivity contribution in [2.45, 2.75) is 39.3 Å². The van der Waals surface area contributed by atoms with E-state index < -0.39 is 0 Å². The van der Waals surface area contributed by atoms with E-state index in [0.29, 0.717) is 17.8 Å². The van der Waals surface area contributed by atoms with Gasteiger partial charge in [-0.2, -0.15) is 0 Å². The molecule has 0 bridgehead atoms. The van der Waals surface area contributed by atoms with E-state index in [0.717, 1.165) is 42.4 Å². The van der Waals surface area contributed by atoms with Crippen LogP contribution in [0.2, 0.25) is 0 Å². The number of amides is 2. The highest BCUT2D eigenvalue weighted by Crippen LogP contribution is 2.20. The van der Waals surface area contributed by atoms with Gasteiger partial charge in [-0.25, -0.2) is 9.18 Å². The summed E-state index contributed by atoms with van der Waals surface area (Å²) in [5.41, 5.74) is 2.74. The van der Waals surface area contributed by atoms with Crippen LogP contribution in [0.3, 0.4) is 0 Å². The lowest BCUT2D eigenvalue weighted by Gasteiger charge is -2.30. The van der Waals surface area contributed by atoms with Crippen LogP contribution < -0.4 is 10.9 Å². The van der Waals surface area contributed by atoms with Crippen molar-refractivity contribution >= 4 is 22.6 Å². The highest BCUT2D eigenvalue weighted by molar-refractivity contribution is 5.89. The number of aromatic amines is 1. The number of halogens is 1. The first-order valence-electron chi connectivity index (χ1n) is 11.1. The van der Waals surface area contributed by atoms with E-state index in [2.05, 4.69) is 22.1 Å². The molecule has 4 rings (SSSR count). The van der Waals surface area contributed by atoms with E-state index in [4.69, 9.17) is 0 Å². The third kappa shape index (κ3) is 4.99. The third-order valence-electron chi connectivity index (χ3n) is 6.16. The first-order chi connectivity index (χ1) is 15.4. The first kappa shape index (κ1) is 22.0. The molecule has 1 aromatic heterocycles. The van der Waals surface area contributed by atoms with Gasteiger partial charge in [0.2, 0.25) is 0 Å². The van der Waals surface area contributed by atoms with Crippen molar-refractivity contribution in [3.63, 3.8) is 0 Å². The Morgan fingerprint density at radius 1 is 1.22 bits per heavy atom. The summed E-state index contributed by atoms with van der Waals surface area (Å²) in [7, 11) is 0. The lowest BCUT2D eigenvalue weighted by molar-refractivity contribution is 0.174. The molecule has 7 heteroatoms. The van der Waals surface area contributed by atoms with Crippen molar-refractivity contribution in [2.24, 2.45) is 0 Å². The molecule has 1 aliphatic rings. The lowest BCUT2D eigenvalue weighted by Crippen LogP contribution is -2.45. The quantitative estimate of drug-likeness (QED) is 0.598. The van der Waals surface area contributed by atoms with Gasteiger partial charge < -0.3 is 15.2 Å². The molecule has 2 amide bonds. The van der Waals surface area contributed by atoms with Crippen LogP contribution in [-0.2, 0) is 6.54 Å². The molecule has 168 valence electrons. The number of fused-ring (bicyclic) bond motifs is 1. The summed E-state index contributed by atoms with van der Waals surface area (Å²) in [5.74, 6) is -0.359. The van der Waals surface area contributed by atoms with Crippen LogP contribution >= 0.6 is 0 Å². The number of likely N-dealkylation sites (tertiary alicyclic amines) is 1. The summed E-state index contributed by atoms with van der Waals surface area (Å²) in [6.07, 6.45) is 2.11. The van der Waals surface area contributed by atoms with E-state index in [1.54, 1.807) is 4.90 Å². The topological polar surface area (TPSA) is 68.4 Å². The molecule has 2 N–H and O–H groups in total. The van der Waals surface area contributed by atoms with E-state index in [1.165, 1.54) is 24.3 Å². The number of H-pyrrole nitrogens is 1. The number of hydrogen-bond acceptors (Lipinski definition) is 3. The Bertz CT molecular complexity index is 1160. The monoisotopic (exact) mass is 436 g/mol. The average molecular weight is 437 g/mol. The molecule has 1 saturated heterocycles. The number of nitrogens with one attached hydrogen (secondary N) is 2. The van der Waals surface area contributed by atoms with Gasteiger partial charge in [0.25, 0.3) is 5.56 Å². The smallest absolute Gasteiger partial charge is 0.322 e. The van der Waals surface area contributed by atoms with Gasteiger partial charge in [0.05, 0.1) is 6.54 Å². The molecule has 0 spiro atoms. The zero-order chi connectivity index (χ0) is 22.7. The Kier molecular flexibility index (Phi) is 6.55. The maximum atomic E-state index is 13.3. The van der Waals surface area contributed by atoms with Gasteiger partial charge in [-0.3, -0.25) is 9.69 Å². The summed E-state index contributed by atoms with van der Waals surface area (Å²) >= 11 is 0. The summed E-state index contributed by atoms with van der Waals surface area (Å²) < 4.78 is 13.3. The number of pyridine rings is 1. The second-order valence-corrected chi connectivity index (χ2v) is 8.46. The summed E-state index contributed by atoms with van der Waals surface area (Å²) in [6.45, 7) is 6.79. The number of benzene rings is 2. The number of likely N-dealkylation sites (N-methyl/N-ethyl adjacent to an activating group) is 1. The van der Waals surface area contributed by atoms with Gasteiger partial charge in [-0.05, 0) is 80.7 Å². The number of carbonyl (C=O) groups is 1. The van der Waals surface area contributed by atoms with E-state index in [-0.39, 0.29) is 30.0 Å². The molecule has 1 atom stereocenters. The summed E-state index contributed by atoms with van der Waals surface area (Å²) in [5, 5.41) is 3.79. The zero-order valence-electron chi connectivity index (χ0n) is 18.5.